The number of fused-ring (bicyclic) bond motifs is 1. The van der Waals surface area contributed by atoms with Crippen molar-refractivity contribution in [1.82, 2.24) is 4.90 Å². The van der Waals surface area contributed by atoms with Gasteiger partial charge in [-0.15, -0.1) is 0 Å². The number of rotatable bonds is 3. The second kappa shape index (κ2) is 5.73. The summed E-state index contributed by atoms with van der Waals surface area (Å²) in [6, 6.07) is 14.5. The normalized spacial score (nSPS) is 16.7. The van der Waals surface area contributed by atoms with Crippen LogP contribution in [0.25, 0.3) is 0 Å². The molecule has 20 heavy (non-hydrogen) atoms. The molecule has 0 amide bonds. The lowest BCUT2D eigenvalue weighted by Gasteiger charge is -2.30. The standard InChI is InChI=1S/C17H18FNO/c18-16-7-5-14(6-8-16)17(20)12-19-10-9-13-3-1-2-4-15(13)11-19/h1-8,17,20H,9-12H2/t17-/m1/s1. The van der Waals surface area contributed by atoms with E-state index in [1.54, 1.807) is 12.1 Å². The lowest BCUT2D eigenvalue weighted by molar-refractivity contribution is 0.106. The van der Waals surface area contributed by atoms with Crippen molar-refractivity contribution in [3.63, 3.8) is 0 Å². The monoisotopic (exact) mass is 271 g/mol. The summed E-state index contributed by atoms with van der Waals surface area (Å²) in [5.74, 6) is -0.271. The highest BCUT2D eigenvalue weighted by molar-refractivity contribution is 5.29. The van der Waals surface area contributed by atoms with Crippen LogP contribution in [0.1, 0.15) is 22.8 Å². The quantitative estimate of drug-likeness (QED) is 0.928. The average Bonchev–Trinajstić information content (AvgIpc) is 2.48. The third-order valence-electron chi connectivity index (χ3n) is 3.90. The van der Waals surface area contributed by atoms with Gasteiger partial charge in [-0.2, -0.15) is 0 Å². The summed E-state index contributed by atoms with van der Waals surface area (Å²) >= 11 is 0. The molecule has 104 valence electrons. The lowest BCUT2D eigenvalue weighted by atomic mass is 9.99. The van der Waals surface area contributed by atoms with Gasteiger partial charge in [0.2, 0.25) is 0 Å². The van der Waals surface area contributed by atoms with Gasteiger partial charge in [0.15, 0.2) is 0 Å². The van der Waals surface area contributed by atoms with E-state index < -0.39 is 6.10 Å². The maximum Gasteiger partial charge on any atom is 0.123 e. The third kappa shape index (κ3) is 2.89. The van der Waals surface area contributed by atoms with Gasteiger partial charge in [-0.25, -0.2) is 4.39 Å². The number of β-amino-alcohol motifs (C(OH)–C–C–N with tert-alkyl or cyclic N) is 1. The summed E-state index contributed by atoms with van der Waals surface area (Å²) in [6.07, 6.45) is 0.452. The van der Waals surface area contributed by atoms with Gasteiger partial charge in [0.25, 0.3) is 0 Å². The maximum atomic E-state index is 12.9. The Kier molecular flexibility index (Phi) is 3.81. The Bertz CT molecular complexity index is 582. The smallest absolute Gasteiger partial charge is 0.123 e. The molecule has 1 aliphatic heterocycles. The summed E-state index contributed by atoms with van der Waals surface area (Å²) in [5, 5.41) is 10.2. The highest BCUT2D eigenvalue weighted by Gasteiger charge is 2.19. The molecule has 3 heteroatoms. The van der Waals surface area contributed by atoms with E-state index >= 15 is 0 Å². The topological polar surface area (TPSA) is 23.5 Å². The zero-order chi connectivity index (χ0) is 13.9. The number of halogens is 1. The first-order valence-electron chi connectivity index (χ1n) is 6.95. The SMILES string of the molecule is O[C@H](CN1CCc2ccccc2C1)c1ccc(F)cc1. The molecule has 2 nitrogen and oxygen atoms in total. The van der Waals surface area contributed by atoms with Crippen LogP contribution in [0, 0.1) is 5.82 Å². The van der Waals surface area contributed by atoms with E-state index in [4.69, 9.17) is 0 Å². The van der Waals surface area contributed by atoms with Crippen molar-refractivity contribution in [2.45, 2.75) is 19.1 Å². The van der Waals surface area contributed by atoms with E-state index in [1.807, 2.05) is 0 Å². The molecule has 1 N–H and O–H groups in total. The maximum absolute atomic E-state index is 12.9. The summed E-state index contributed by atoms with van der Waals surface area (Å²) in [6.45, 7) is 2.41. The minimum absolute atomic E-state index is 0.271. The second-order valence-corrected chi connectivity index (χ2v) is 5.32. The largest absolute Gasteiger partial charge is 0.387 e. The fourth-order valence-electron chi connectivity index (χ4n) is 2.74. The van der Waals surface area contributed by atoms with Crippen LogP contribution in [0.15, 0.2) is 48.5 Å². The van der Waals surface area contributed by atoms with Gasteiger partial charge in [-0.05, 0) is 35.2 Å². The lowest BCUT2D eigenvalue weighted by Crippen LogP contribution is -2.33. The minimum Gasteiger partial charge on any atom is -0.387 e. The molecule has 1 atom stereocenters. The molecule has 0 radical (unpaired) electrons. The van der Waals surface area contributed by atoms with E-state index in [-0.39, 0.29) is 5.82 Å². The number of hydrogen-bond acceptors (Lipinski definition) is 2. The average molecular weight is 271 g/mol. The molecule has 0 fully saturated rings. The van der Waals surface area contributed by atoms with Crippen molar-refractivity contribution in [2.24, 2.45) is 0 Å². The minimum atomic E-state index is -0.569. The van der Waals surface area contributed by atoms with Crippen LogP contribution in [0.3, 0.4) is 0 Å². The predicted molar refractivity (Wildman–Crippen MR) is 76.8 cm³/mol. The fraction of sp³-hybridized carbons (Fsp3) is 0.294. The molecule has 0 unspecified atom stereocenters. The number of aliphatic hydroxyl groups is 1. The van der Waals surface area contributed by atoms with Gasteiger partial charge in [0.1, 0.15) is 5.82 Å². The van der Waals surface area contributed by atoms with Crippen LogP contribution in [0.5, 0.6) is 0 Å². The molecular weight excluding hydrogens is 253 g/mol. The molecule has 0 spiro atoms. The van der Waals surface area contributed by atoms with Crippen LogP contribution in [-0.2, 0) is 13.0 Å². The van der Waals surface area contributed by atoms with E-state index in [1.165, 1.54) is 23.3 Å². The Morgan fingerprint density at radius 2 is 1.75 bits per heavy atom. The number of benzene rings is 2. The van der Waals surface area contributed by atoms with Gasteiger partial charge in [-0.3, -0.25) is 4.90 Å². The van der Waals surface area contributed by atoms with Crippen molar-refractivity contribution in [3.8, 4) is 0 Å². The molecule has 2 aromatic rings. The zero-order valence-electron chi connectivity index (χ0n) is 11.3. The molecule has 1 aliphatic rings. The molecule has 1 heterocycles. The van der Waals surface area contributed by atoms with Gasteiger partial charge >= 0.3 is 0 Å². The van der Waals surface area contributed by atoms with Gasteiger partial charge in [0, 0.05) is 19.6 Å². The van der Waals surface area contributed by atoms with E-state index in [9.17, 15) is 9.50 Å². The predicted octanol–water partition coefficient (Wildman–Crippen LogP) is 2.92. The summed E-state index contributed by atoms with van der Waals surface area (Å²) in [7, 11) is 0. The fourth-order valence-corrected chi connectivity index (χ4v) is 2.74. The van der Waals surface area contributed by atoms with E-state index in [0.29, 0.717) is 6.54 Å². The Labute approximate surface area is 118 Å². The van der Waals surface area contributed by atoms with Crippen LogP contribution in [0.2, 0.25) is 0 Å². The van der Waals surface area contributed by atoms with Crippen LogP contribution in [-0.4, -0.2) is 23.1 Å². The molecule has 0 aliphatic carbocycles. The van der Waals surface area contributed by atoms with Crippen LogP contribution < -0.4 is 0 Å². The van der Waals surface area contributed by atoms with Gasteiger partial charge in [-0.1, -0.05) is 36.4 Å². The number of nitrogens with zero attached hydrogens (tertiary/aromatic N) is 1. The highest BCUT2D eigenvalue weighted by atomic mass is 19.1. The Balaban J connectivity index is 1.66. The van der Waals surface area contributed by atoms with E-state index in [0.717, 1.165) is 25.1 Å². The van der Waals surface area contributed by atoms with E-state index in [2.05, 4.69) is 29.2 Å². The Hall–Kier alpha value is -1.71. The zero-order valence-corrected chi connectivity index (χ0v) is 11.3. The molecule has 0 bridgehead atoms. The van der Waals surface area contributed by atoms with Crippen LogP contribution in [0.4, 0.5) is 4.39 Å². The second-order valence-electron chi connectivity index (χ2n) is 5.32. The first-order valence-corrected chi connectivity index (χ1v) is 6.95. The molecule has 0 saturated heterocycles. The first-order chi connectivity index (χ1) is 9.72. The summed E-state index contributed by atoms with van der Waals surface area (Å²) < 4.78 is 12.9. The number of hydrogen-bond donors (Lipinski definition) is 1. The van der Waals surface area contributed by atoms with Gasteiger partial charge < -0.3 is 5.11 Å². The third-order valence-corrected chi connectivity index (χ3v) is 3.90. The number of aliphatic hydroxyl groups excluding tert-OH is 1. The van der Waals surface area contributed by atoms with Crippen molar-refractivity contribution < 1.29 is 9.50 Å². The first kappa shape index (κ1) is 13.3. The molecule has 2 aromatic carbocycles. The van der Waals surface area contributed by atoms with Gasteiger partial charge in [0.05, 0.1) is 6.10 Å². The summed E-state index contributed by atoms with van der Waals surface area (Å²) in [5.41, 5.74) is 3.51. The van der Waals surface area contributed by atoms with Crippen molar-refractivity contribution in [3.05, 3.63) is 71.0 Å². The molecule has 3 rings (SSSR count). The summed E-state index contributed by atoms with van der Waals surface area (Å²) in [4.78, 5) is 2.25. The van der Waals surface area contributed by atoms with Crippen molar-refractivity contribution >= 4 is 0 Å². The van der Waals surface area contributed by atoms with Crippen LogP contribution >= 0.6 is 0 Å². The Morgan fingerprint density at radius 3 is 2.50 bits per heavy atom. The highest BCUT2D eigenvalue weighted by Crippen LogP contribution is 2.21. The van der Waals surface area contributed by atoms with Crippen molar-refractivity contribution in [2.75, 3.05) is 13.1 Å². The van der Waals surface area contributed by atoms with Crippen molar-refractivity contribution in [1.29, 1.82) is 0 Å². The Morgan fingerprint density at radius 1 is 1.05 bits per heavy atom. The molecule has 0 saturated carbocycles. The molecule has 0 aromatic heterocycles. The molecular formula is C17H18FNO.